The number of phosphoric ester groups is 1. The third kappa shape index (κ3) is 19.2. The summed E-state index contributed by atoms with van der Waals surface area (Å²) >= 11 is 0. The fourth-order valence-corrected chi connectivity index (χ4v) is 3.19. The molecule has 0 aromatic heterocycles. The number of phosphoric acid groups is 1. The third-order valence-electron chi connectivity index (χ3n) is 3.77. The van der Waals surface area contributed by atoms with Crippen molar-refractivity contribution in [1.82, 2.24) is 0 Å². The zero-order chi connectivity index (χ0) is 16.0. The van der Waals surface area contributed by atoms with Gasteiger partial charge in [-0.3, -0.25) is 0 Å². The Morgan fingerprint density at radius 2 is 1.23 bits per heavy atom. The molecule has 0 spiro atoms. The van der Waals surface area contributed by atoms with Gasteiger partial charge < -0.3 is 18.9 Å². The predicted molar refractivity (Wildman–Crippen MR) is 83.8 cm³/mol. The maximum absolute atomic E-state index is 10.6. The summed E-state index contributed by atoms with van der Waals surface area (Å²) < 4.78 is 15.3. The van der Waals surface area contributed by atoms with E-state index in [4.69, 9.17) is 0 Å². The summed E-state index contributed by atoms with van der Waals surface area (Å²) in [5.74, 6) is 0. The molecule has 1 unspecified atom stereocenters. The molecule has 0 aliphatic rings. The number of unbranched alkanes of at least 4 members (excludes halogenated alkanes) is 9. The minimum atomic E-state index is -4.83. The molecule has 0 aliphatic carbocycles. The normalized spacial score (nSPS) is 12.9. The molecule has 0 aliphatic heterocycles. The van der Waals surface area contributed by atoms with Crippen LogP contribution in [0.4, 0.5) is 0 Å². The first-order valence-electron chi connectivity index (χ1n) is 8.70. The van der Waals surface area contributed by atoms with Gasteiger partial charge in [-0.1, -0.05) is 84.5 Å². The van der Waals surface area contributed by atoms with Gasteiger partial charge in [-0.25, -0.2) is 0 Å². The van der Waals surface area contributed by atoms with Gasteiger partial charge in [0.15, 0.2) is 0 Å². The first-order valence-corrected chi connectivity index (χ1v) is 10.2. The van der Waals surface area contributed by atoms with Gasteiger partial charge in [-0.15, -0.1) is 0 Å². The first kappa shape index (κ1) is 25.4. The van der Waals surface area contributed by atoms with Crippen molar-refractivity contribution in [3.8, 4) is 0 Å². The Morgan fingerprint density at radius 1 is 0.773 bits per heavy atom. The van der Waals surface area contributed by atoms with E-state index < -0.39 is 13.9 Å². The predicted octanol–water partition coefficient (Wildman–Crippen LogP) is 1.32. The average molecular weight is 343 g/mol. The first-order chi connectivity index (χ1) is 9.99. The van der Waals surface area contributed by atoms with Crippen LogP contribution in [0, 0.1) is 0 Å². The van der Waals surface area contributed by atoms with E-state index in [0.29, 0.717) is 12.8 Å². The monoisotopic (exact) mass is 343 g/mol. The van der Waals surface area contributed by atoms with E-state index in [-0.39, 0.29) is 29.6 Å². The Hall–Kier alpha value is 1.11. The van der Waals surface area contributed by atoms with E-state index in [1.54, 1.807) is 0 Å². The summed E-state index contributed by atoms with van der Waals surface area (Å²) in [5, 5.41) is 0. The standard InChI is InChI=1S/C16H35O4P.Na/c1-3-5-6-7-8-9-10-11-12-13-15-16(14-4-2)20-21(17,18)19;/h16H,3-15H2,1-2H3,(H2,17,18,19);/q;+1/p-2. The largest absolute Gasteiger partial charge is 1.00 e. The van der Waals surface area contributed by atoms with Crippen LogP contribution in [0.25, 0.3) is 0 Å². The van der Waals surface area contributed by atoms with Gasteiger partial charge in [0.1, 0.15) is 0 Å². The minimum absolute atomic E-state index is 0. The Kier molecular flexibility index (Phi) is 19.5. The topological polar surface area (TPSA) is 72.4 Å². The summed E-state index contributed by atoms with van der Waals surface area (Å²) in [6, 6.07) is 0. The molecule has 4 nitrogen and oxygen atoms in total. The number of hydrogen-bond donors (Lipinski definition) is 0. The average Bonchev–Trinajstić information content (AvgIpc) is 2.39. The third-order valence-corrected chi connectivity index (χ3v) is 4.32. The fourth-order valence-electron chi connectivity index (χ4n) is 2.61. The molecule has 1 atom stereocenters. The summed E-state index contributed by atoms with van der Waals surface area (Å²) in [6.45, 7) is 4.20. The van der Waals surface area contributed by atoms with Crippen molar-refractivity contribution >= 4 is 7.82 Å². The van der Waals surface area contributed by atoms with Crippen LogP contribution < -0.4 is 39.3 Å². The van der Waals surface area contributed by atoms with Gasteiger partial charge in [-0.05, 0) is 12.8 Å². The second kappa shape index (κ2) is 17.0. The molecule has 6 heteroatoms. The summed E-state index contributed by atoms with van der Waals surface area (Å²) in [6.07, 6.45) is 14.2. The molecule has 0 saturated heterocycles. The van der Waals surface area contributed by atoms with Gasteiger partial charge >= 0.3 is 29.6 Å². The van der Waals surface area contributed by atoms with Crippen molar-refractivity contribution in [3.63, 3.8) is 0 Å². The van der Waals surface area contributed by atoms with Gasteiger partial charge in [0.2, 0.25) is 0 Å². The maximum Gasteiger partial charge on any atom is 1.00 e. The van der Waals surface area contributed by atoms with Crippen molar-refractivity contribution in [2.45, 2.75) is 103 Å². The second-order valence-corrected chi connectivity index (χ2v) is 7.04. The van der Waals surface area contributed by atoms with E-state index in [2.05, 4.69) is 11.4 Å². The van der Waals surface area contributed by atoms with E-state index in [0.717, 1.165) is 19.3 Å². The second-order valence-electron chi connectivity index (χ2n) is 5.93. The van der Waals surface area contributed by atoms with Crippen molar-refractivity contribution in [2.75, 3.05) is 0 Å². The Bertz CT molecular complexity index is 271. The molecule has 0 radical (unpaired) electrons. The van der Waals surface area contributed by atoms with Crippen molar-refractivity contribution in [1.29, 1.82) is 0 Å². The molecule has 0 bridgehead atoms. The molecule has 0 fully saturated rings. The summed E-state index contributed by atoms with van der Waals surface area (Å²) in [7, 11) is -4.83. The van der Waals surface area contributed by atoms with Gasteiger partial charge in [0.05, 0.1) is 13.9 Å². The molecule has 128 valence electrons. The molecule has 0 aromatic carbocycles. The van der Waals surface area contributed by atoms with Gasteiger partial charge in [0.25, 0.3) is 0 Å². The van der Waals surface area contributed by atoms with Crippen molar-refractivity contribution in [3.05, 3.63) is 0 Å². The zero-order valence-corrected chi connectivity index (χ0v) is 17.7. The Morgan fingerprint density at radius 3 is 1.64 bits per heavy atom. The fraction of sp³-hybridized carbons (Fsp3) is 1.00. The van der Waals surface area contributed by atoms with Crippen molar-refractivity contribution in [2.24, 2.45) is 0 Å². The minimum Gasteiger partial charge on any atom is -0.790 e. The molecular weight excluding hydrogens is 310 g/mol. The van der Waals surface area contributed by atoms with E-state index in [1.165, 1.54) is 51.4 Å². The number of hydrogen-bond acceptors (Lipinski definition) is 4. The molecule has 22 heavy (non-hydrogen) atoms. The van der Waals surface area contributed by atoms with Crippen LogP contribution in [0.15, 0.2) is 0 Å². The molecular formula is C16H33NaO4P-. The van der Waals surface area contributed by atoms with E-state index in [1.807, 2.05) is 6.92 Å². The molecule has 0 aromatic rings. The van der Waals surface area contributed by atoms with Crippen molar-refractivity contribution < 1.29 is 48.4 Å². The smallest absolute Gasteiger partial charge is 0.790 e. The Balaban J connectivity index is 0. The molecule has 0 N–H and O–H groups in total. The van der Waals surface area contributed by atoms with Crippen LogP contribution in [0.1, 0.15) is 97.3 Å². The SMILES string of the molecule is CCCCCCCCCCCCC(CCC)OP(=O)([O-])[O-].[Na+]. The summed E-state index contributed by atoms with van der Waals surface area (Å²) in [4.78, 5) is 21.3. The molecule has 0 rings (SSSR count). The van der Waals surface area contributed by atoms with E-state index in [9.17, 15) is 14.4 Å². The molecule has 0 heterocycles. The maximum atomic E-state index is 10.6. The summed E-state index contributed by atoms with van der Waals surface area (Å²) in [5.41, 5.74) is 0. The zero-order valence-electron chi connectivity index (χ0n) is 14.8. The van der Waals surface area contributed by atoms with Gasteiger partial charge in [-0.2, -0.15) is 0 Å². The van der Waals surface area contributed by atoms with Gasteiger partial charge in [0, 0.05) is 0 Å². The quantitative estimate of drug-likeness (QED) is 0.255. The molecule has 0 amide bonds. The number of rotatable bonds is 15. The van der Waals surface area contributed by atoms with Crippen LogP contribution in [-0.4, -0.2) is 6.10 Å². The van der Waals surface area contributed by atoms with Crippen LogP contribution >= 0.6 is 7.82 Å². The van der Waals surface area contributed by atoms with Crippen LogP contribution in [0.3, 0.4) is 0 Å². The van der Waals surface area contributed by atoms with Crippen LogP contribution in [0.2, 0.25) is 0 Å². The Labute approximate surface area is 159 Å². The van der Waals surface area contributed by atoms with Crippen LogP contribution in [0.5, 0.6) is 0 Å². The molecule has 0 saturated carbocycles. The van der Waals surface area contributed by atoms with E-state index >= 15 is 0 Å². The van der Waals surface area contributed by atoms with Crippen LogP contribution in [-0.2, 0) is 9.09 Å².